The van der Waals surface area contributed by atoms with E-state index in [0.717, 1.165) is 10.6 Å². The summed E-state index contributed by atoms with van der Waals surface area (Å²) in [4.78, 5) is 25.4. The number of H-pyrrole nitrogens is 1. The van der Waals surface area contributed by atoms with Crippen LogP contribution in [0.2, 0.25) is 0 Å². The minimum Gasteiger partial charge on any atom is -0.394 e. The molecule has 4 N–H and O–H groups in total. The van der Waals surface area contributed by atoms with Gasteiger partial charge in [-0.15, -0.1) is 5.73 Å². The highest BCUT2D eigenvalue weighted by molar-refractivity contribution is 5.14. The predicted octanol–water partition coefficient (Wildman–Crippen LogP) is -1.83. The molecule has 8 nitrogen and oxygen atoms in total. The minimum atomic E-state index is -2.01. The Morgan fingerprint density at radius 3 is 2.86 bits per heavy atom. The van der Waals surface area contributed by atoms with Crippen molar-refractivity contribution in [3.05, 3.63) is 51.0 Å². The van der Waals surface area contributed by atoms with E-state index in [1.165, 1.54) is 13.1 Å². The minimum absolute atomic E-state index is 0.227. The third kappa shape index (κ3) is 2.39. The zero-order valence-corrected chi connectivity index (χ0v) is 11.3. The number of aromatic nitrogens is 2. The zero-order valence-electron chi connectivity index (χ0n) is 11.3. The van der Waals surface area contributed by atoms with E-state index in [0.29, 0.717) is 0 Å². The molecule has 1 saturated heterocycles. The van der Waals surface area contributed by atoms with E-state index in [9.17, 15) is 24.9 Å². The molecule has 1 aliphatic heterocycles. The van der Waals surface area contributed by atoms with Crippen molar-refractivity contribution in [3.8, 4) is 0 Å². The van der Waals surface area contributed by atoms with Crippen LogP contribution >= 0.6 is 0 Å². The molecule has 8 heteroatoms. The fourth-order valence-electron chi connectivity index (χ4n) is 2.30. The number of hydrogen-bond acceptors (Lipinski definition) is 6. The maximum absolute atomic E-state index is 11.9. The Kier molecular flexibility index (Phi) is 3.99. The Morgan fingerprint density at radius 2 is 2.29 bits per heavy atom. The van der Waals surface area contributed by atoms with Crippen molar-refractivity contribution in [2.45, 2.75) is 31.0 Å². The van der Waals surface area contributed by atoms with Crippen LogP contribution in [0.25, 0.3) is 0 Å². The van der Waals surface area contributed by atoms with Crippen LogP contribution in [0.3, 0.4) is 0 Å². The van der Waals surface area contributed by atoms with E-state index in [2.05, 4.69) is 17.3 Å². The quantitative estimate of drug-likeness (QED) is 0.486. The van der Waals surface area contributed by atoms with Gasteiger partial charge < -0.3 is 20.1 Å². The average molecular weight is 296 g/mol. The highest BCUT2D eigenvalue weighted by Gasteiger charge is 2.55. The molecular formula is C13H16N2O6. The molecule has 0 radical (unpaired) electrons. The maximum atomic E-state index is 11.9. The molecule has 114 valence electrons. The Hall–Kier alpha value is -1.96. The van der Waals surface area contributed by atoms with Gasteiger partial charge in [0.25, 0.3) is 5.56 Å². The van der Waals surface area contributed by atoms with Gasteiger partial charge in [-0.2, -0.15) is 0 Å². The van der Waals surface area contributed by atoms with Crippen LogP contribution in [0.5, 0.6) is 0 Å². The number of aliphatic hydroxyl groups is 3. The van der Waals surface area contributed by atoms with E-state index in [-0.39, 0.29) is 5.56 Å². The standard InChI is InChI=1S/C13H16N2O6/c1-3-4-13(20)9(17)8(6-16)21-11(13)15-5-7(2)10(18)14-12(15)19/h4-5,8-9,11,16-17,20H,1,6H2,2H3,(H,14,18,19)/t8-,9-,11-,13-/m1/s1. The Bertz CT molecular complexity index is 701. The van der Waals surface area contributed by atoms with Crippen LogP contribution in [0.1, 0.15) is 11.8 Å². The summed E-state index contributed by atoms with van der Waals surface area (Å²) in [5.74, 6) is 0. The Labute approximate surface area is 119 Å². The Balaban J connectivity index is 2.61. The fraction of sp³-hybridized carbons (Fsp3) is 0.462. The normalized spacial score (nSPS) is 31.9. The summed E-state index contributed by atoms with van der Waals surface area (Å²) in [6.07, 6.45) is -1.64. The summed E-state index contributed by atoms with van der Waals surface area (Å²) < 4.78 is 6.29. The van der Waals surface area contributed by atoms with Gasteiger partial charge in [-0.05, 0) is 13.0 Å². The van der Waals surface area contributed by atoms with E-state index in [1.807, 2.05) is 0 Å². The highest BCUT2D eigenvalue weighted by atomic mass is 16.6. The van der Waals surface area contributed by atoms with Crippen molar-refractivity contribution in [1.29, 1.82) is 0 Å². The topological polar surface area (TPSA) is 125 Å². The molecule has 1 fully saturated rings. The molecular weight excluding hydrogens is 280 g/mol. The van der Waals surface area contributed by atoms with E-state index in [1.54, 1.807) is 0 Å². The molecule has 1 aromatic heterocycles. The van der Waals surface area contributed by atoms with Gasteiger partial charge in [0.15, 0.2) is 11.8 Å². The molecule has 1 aromatic rings. The number of hydrogen-bond donors (Lipinski definition) is 4. The summed E-state index contributed by atoms with van der Waals surface area (Å²) >= 11 is 0. The summed E-state index contributed by atoms with van der Waals surface area (Å²) in [6, 6.07) is 0. The molecule has 0 aliphatic carbocycles. The summed E-state index contributed by atoms with van der Waals surface area (Å²) in [6.45, 7) is 4.25. The molecule has 21 heavy (non-hydrogen) atoms. The van der Waals surface area contributed by atoms with Crippen molar-refractivity contribution in [1.82, 2.24) is 9.55 Å². The number of aromatic amines is 1. The van der Waals surface area contributed by atoms with Crippen LogP contribution in [-0.2, 0) is 4.74 Å². The number of aliphatic hydroxyl groups excluding tert-OH is 2. The van der Waals surface area contributed by atoms with Crippen LogP contribution in [0, 0.1) is 6.92 Å². The van der Waals surface area contributed by atoms with Gasteiger partial charge in [-0.25, -0.2) is 4.79 Å². The lowest BCUT2D eigenvalue weighted by molar-refractivity contribution is -0.0814. The molecule has 0 aromatic carbocycles. The van der Waals surface area contributed by atoms with Crippen LogP contribution in [0.4, 0.5) is 0 Å². The van der Waals surface area contributed by atoms with E-state index in [4.69, 9.17) is 4.74 Å². The van der Waals surface area contributed by atoms with Gasteiger partial charge in [-0.3, -0.25) is 14.3 Å². The first-order valence-corrected chi connectivity index (χ1v) is 6.21. The summed E-state index contributed by atoms with van der Waals surface area (Å²) in [5.41, 5.74) is -0.814. The lowest BCUT2D eigenvalue weighted by atomic mass is 9.94. The van der Waals surface area contributed by atoms with Gasteiger partial charge in [-0.1, -0.05) is 6.58 Å². The van der Waals surface area contributed by atoms with Crippen molar-refractivity contribution in [3.63, 3.8) is 0 Å². The molecule has 0 spiro atoms. The SMILES string of the molecule is C=C=C[C@@]1(O)[C@H](O)[C@@H](CO)O[C@H]1n1cc(C)c(=O)[nH]c1=O. The smallest absolute Gasteiger partial charge is 0.330 e. The number of nitrogens with one attached hydrogen (secondary N) is 1. The molecule has 0 bridgehead atoms. The molecule has 2 heterocycles. The highest BCUT2D eigenvalue weighted by Crippen LogP contribution is 2.38. The van der Waals surface area contributed by atoms with Gasteiger partial charge >= 0.3 is 5.69 Å². The number of ether oxygens (including phenoxy) is 1. The summed E-state index contributed by atoms with van der Waals surface area (Å²) in [7, 11) is 0. The second-order valence-corrected chi connectivity index (χ2v) is 4.87. The van der Waals surface area contributed by atoms with Crippen molar-refractivity contribution in [2.24, 2.45) is 0 Å². The molecule has 2 rings (SSSR count). The third-order valence-electron chi connectivity index (χ3n) is 3.44. The van der Waals surface area contributed by atoms with Crippen molar-refractivity contribution < 1.29 is 20.1 Å². The maximum Gasteiger partial charge on any atom is 0.330 e. The molecule has 0 unspecified atom stereocenters. The number of rotatable bonds is 3. The zero-order chi connectivity index (χ0) is 15.8. The lowest BCUT2D eigenvalue weighted by Gasteiger charge is -2.28. The van der Waals surface area contributed by atoms with Crippen LogP contribution in [0.15, 0.2) is 34.2 Å². The largest absolute Gasteiger partial charge is 0.394 e. The fourth-order valence-corrected chi connectivity index (χ4v) is 2.30. The van der Waals surface area contributed by atoms with E-state index < -0.39 is 41.9 Å². The second kappa shape index (κ2) is 5.44. The van der Waals surface area contributed by atoms with Gasteiger partial charge in [0.2, 0.25) is 0 Å². The van der Waals surface area contributed by atoms with Crippen molar-refractivity contribution >= 4 is 0 Å². The predicted molar refractivity (Wildman–Crippen MR) is 71.7 cm³/mol. The number of nitrogens with zero attached hydrogens (tertiary/aromatic N) is 1. The van der Waals surface area contributed by atoms with Gasteiger partial charge in [0.1, 0.15) is 12.2 Å². The van der Waals surface area contributed by atoms with Crippen molar-refractivity contribution in [2.75, 3.05) is 6.61 Å². The van der Waals surface area contributed by atoms with Gasteiger partial charge in [0.05, 0.1) is 6.61 Å². The average Bonchev–Trinajstić information content (AvgIpc) is 2.67. The molecule has 1 aliphatic rings. The van der Waals surface area contributed by atoms with Crippen LogP contribution < -0.4 is 11.2 Å². The molecule has 4 atom stereocenters. The molecule has 0 saturated carbocycles. The third-order valence-corrected chi connectivity index (χ3v) is 3.44. The summed E-state index contributed by atoms with van der Waals surface area (Å²) in [5, 5.41) is 29.8. The number of aryl methyl sites for hydroxylation is 1. The first-order valence-electron chi connectivity index (χ1n) is 6.21. The molecule has 0 amide bonds. The monoisotopic (exact) mass is 296 g/mol. The second-order valence-electron chi connectivity index (χ2n) is 4.87. The Morgan fingerprint density at radius 1 is 1.62 bits per heavy atom. The van der Waals surface area contributed by atoms with Crippen LogP contribution in [-0.4, -0.2) is 49.3 Å². The van der Waals surface area contributed by atoms with E-state index >= 15 is 0 Å². The lowest BCUT2D eigenvalue weighted by Crippen LogP contribution is -2.48. The first kappa shape index (κ1) is 15.4. The van der Waals surface area contributed by atoms with Gasteiger partial charge in [0, 0.05) is 11.8 Å². The first-order chi connectivity index (χ1) is 9.85.